The molecule has 3 heteroatoms. The Kier molecular flexibility index (Phi) is 2.10. The molecule has 1 unspecified atom stereocenters. The molecule has 0 spiro atoms. The fourth-order valence-electron chi connectivity index (χ4n) is 1.50. The largest absolute Gasteiger partial charge is 0.461 e. The highest BCUT2D eigenvalue weighted by molar-refractivity contribution is 5.59. The zero-order valence-corrected chi connectivity index (χ0v) is 7.86. The fourth-order valence-corrected chi connectivity index (χ4v) is 1.50. The molecule has 1 aromatic rings. The first-order valence-corrected chi connectivity index (χ1v) is 4.31. The van der Waals surface area contributed by atoms with Gasteiger partial charge in [-0.15, -0.1) is 0 Å². The van der Waals surface area contributed by atoms with Crippen LogP contribution in [0.5, 0.6) is 5.75 Å². The van der Waals surface area contributed by atoms with Gasteiger partial charge in [-0.1, -0.05) is 12.1 Å². The summed E-state index contributed by atoms with van der Waals surface area (Å²) in [6.07, 6.45) is -0.153. The van der Waals surface area contributed by atoms with E-state index in [2.05, 4.69) is 4.90 Å². The van der Waals surface area contributed by atoms with Crippen molar-refractivity contribution in [1.82, 2.24) is 0 Å². The van der Waals surface area contributed by atoms with E-state index in [9.17, 15) is 0 Å². The van der Waals surface area contributed by atoms with Crippen LogP contribution >= 0.6 is 0 Å². The van der Waals surface area contributed by atoms with Gasteiger partial charge in [0.1, 0.15) is 5.75 Å². The average molecular weight is 179 g/mol. The van der Waals surface area contributed by atoms with Gasteiger partial charge < -0.3 is 14.4 Å². The van der Waals surface area contributed by atoms with E-state index in [4.69, 9.17) is 9.47 Å². The number of likely N-dealkylation sites (N-methyl/N-ethyl adjacent to an activating group) is 1. The van der Waals surface area contributed by atoms with Crippen molar-refractivity contribution in [2.75, 3.05) is 25.6 Å². The summed E-state index contributed by atoms with van der Waals surface area (Å²) in [5.41, 5.74) is 1.12. The third-order valence-corrected chi connectivity index (χ3v) is 2.22. The standard InChI is InChI=1S/C10H13NO2/c1-11-7-10(12-2)13-9-6-4-3-5-8(9)11/h3-6,10H,7H2,1-2H3. The Morgan fingerprint density at radius 2 is 2.23 bits per heavy atom. The van der Waals surface area contributed by atoms with Crippen LogP contribution in [-0.2, 0) is 4.74 Å². The number of anilines is 1. The summed E-state index contributed by atoms with van der Waals surface area (Å²) in [6, 6.07) is 7.97. The summed E-state index contributed by atoms with van der Waals surface area (Å²) >= 11 is 0. The molecule has 1 aliphatic heterocycles. The fraction of sp³-hybridized carbons (Fsp3) is 0.400. The summed E-state index contributed by atoms with van der Waals surface area (Å²) in [5.74, 6) is 0.892. The molecular weight excluding hydrogens is 166 g/mol. The first kappa shape index (κ1) is 8.38. The predicted octanol–water partition coefficient (Wildman–Crippen LogP) is 1.49. The molecular formula is C10H13NO2. The van der Waals surface area contributed by atoms with E-state index in [1.807, 2.05) is 31.3 Å². The summed E-state index contributed by atoms with van der Waals surface area (Å²) in [4.78, 5) is 2.13. The SMILES string of the molecule is COC1CN(C)c2ccccc2O1. The Labute approximate surface area is 77.9 Å². The Hall–Kier alpha value is -1.22. The van der Waals surface area contributed by atoms with Crippen LogP contribution < -0.4 is 9.64 Å². The van der Waals surface area contributed by atoms with Crippen molar-refractivity contribution in [2.24, 2.45) is 0 Å². The third-order valence-electron chi connectivity index (χ3n) is 2.22. The van der Waals surface area contributed by atoms with Crippen LogP contribution in [0.1, 0.15) is 0 Å². The molecule has 1 aliphatic rings. The second-order valence-corrected chi connectivity index (χ2v) is 3.13. The van der Waals surface area contributed by atoms with Crippen molar-refractivity contribution in [3.63, 3.8) is 0 Å². The van der Waals surface area contributed by atoms with Gasteiger partial charge in [0.05, 0.1) is 12.2 Å². The molecule has 13 heavy (non-hydrogen) atoms. The lowest BCUT2D eigenvalue weighted by Crippen LogP contribution is -2.38. The molecule has 2 rings (SSSR count). The summed E-state index contributed by atoms with van der Waals surface area (Å²) in [5, 5.41) is 0. The monoisotopic (exact) mass is 179 g/mol. The van der Waals surface area contributed by atoms with E-state index in [0.29, 0.717) is 0 Å². The van der Waals surface area contributed by atoms with E-state index in [1.54, 1.807) is 7.11 Å². The molecule has 0 aliphatic carbocycles. The number of hydrogen-bond acceptors (Lipinski definition) is 3. The summed E-state index contributed by atoms with van der Waals surface area (Å²) < 4.78 is 10.7. The van der Waals surface area contributed by atoms with Gasteiger partial charge in [-0.05, 0) is 12.1 Å². The van der Waals surface area contributed by atoms with Gasteiger partial charge in [-0.25, -0.2) is 0 Å². The Morgan fingerprint density at radius 3 is 3.00 bits per heavy atom. The zero-order chi connectivity index (χ0) is 9.26. The number of rotatable bonds is 1. The van der Waals surface area contributed by atoms with Gasteiger partial charge in [-0.2, -0.15) is 0 Å². The lowest BCUT2D eigenvalue weighted by Gasteiger charge is -2.32. The van der Waals surface area contributed by atoms with E-state index < -0.39 is 0 Å². The van der Waals surface area contributed by atoms with E-state index in [1.165, 1.54) is 0 Å². The first-order valence-electron chi connectivity index (χ1n) is 4.31. The quantitative estimate of drug-likeness (QED) is 0.652. The van der Waals surface area contributed by atoms with Crippen molar-refractivity contribution >= 4 is 5.69 Å². The molecule has 0 amide bonds. The summed E-state index contributed by atoms with van der Waals surface area (Å²) in [6.45, 7) is 0.771. The van der Waals surface area contributed by atoms with Crippen LogP contribution in [-0.4, -0.2) is 27.0 Å². The van der Waals surface area contributed by atoms with Crippen molar-refractivity contribution in [3.05, 3.63) is 24.3 Å². The van der Waals surface area contributed by atoms with Gasteiger partial charge in [0.15, 0.2) is 0 Å². The van der Waals surface area contributed by atoms with Crippen molar-refractivity contribution in [3.8, 4) is 5.75 Å². The normalized spacial score (nSPS) is 20.8. The maximum atomic E-state index is 5.59. The highest BCUT2D eigenvalue weighted by atomic mass is 16.7. The molecule has 0 aromatic heterocycles. The highest BCUT2D eigenvalue weighted by Crippen LogP contribution is 2.31. The van der Waals surface area contributed by atoms with Crippen LogP contribution in [0.15, 0.2) is 24.3 Å². The second-order valence-electron chi connectivity index (χ2n) is 3.13. The number of benzene rings is 1. The van der Waals surface area contributed by atoms with E-state index in [0.717, 1.165) is 18.0 Å². The van der Waals surface area contributed by atoms with Crippen LogP contribution in [0.4, 0.5) is 5.69 Å². The molecule has 0 saturated heterocycles. The minimum absolute atomic E-state index is 0.153. The summed E-state index contributed by atoms with van der Waals surface area (Å²) in [7, 11) is 3.69. The van der Waals surface area contributed by atoms with Crippen molar-refractivity contribution < 1.29 is 9.47 Å². The minimum Gasteiger partial charge on any atom is -0.461 e. The molecule has 0 N–H and O–H groups in total. The molecule has 1 aromatic carbocycles. The van der Waals surface area contributed by atoms with Crippen molar-refractivity contribution in [2.45, 2.75) is 6.29 Å². The molecule has 0 fully saturated rings. The van der Waals surface area contributed by atoms with Gasteiger partial charge in [0.25, 0.3) is 0 Å². The Bertz CT molecular complexity index is 301. The van der Waals surface area contributed by atoms with Gasteiger partial charge in [0, 0.05) is 14.2 Å². The third kappa shape index (κ3) is 1.47. The number of methoxy groups -OCH3 is 1. The van der Waals surface area contributed by atoms with Crippen LogP contribution in [0.2, 0.25) is 0 Å². The number of ether oxygens (including phenoxy) is 2. The lowest BCUT2D eigenvalue weighted by molar-refractivity contribution is -0.0510. The van der Waals surface area contributed by atoms with Crippen LogP contribution in [0.3, 0.4) is 0 Å². The minimum atomic E-state index is -0.153. The zero-order valence-electron chi connectivity index (χ0n) is 7.86. The second kappa shape index (κ2) is 3.26. The molecule has 3 nitrogen and oxygen atoms in total. The van der Waals surface area contributed by atoms with Gasteiger partial charge in [-0.3, -0.25) is 0 Å². The molecule has 0 bridgehead atoms. The van der Waals surface area contributed by atoms with Crippen LogP contribution in [0, 0.1) is 0 Å². The smallest absolute Gasteiger partial charge is 0.217 e. The maximum Gasteiger partial charge on any atom is 0.217 e. The Balaban J connectivity index is 2.31. The molecule has 1 atom stereocenters. The van der Waals surface area contributed by atoms with E-state index >= 15 is 0 Å². The molecule has 1 heterocycles. The van der Waals surface area contributed by atoms with Gasteiger partial charge >= 0.3 is 0 Å². The number of hydrogen-bond donors (Lipinski definition) is 0. The first-order chi connectivity index (χ1) is 6.31. The molecule has 0 radical (unpaired) electrons. The number of fused-ring (bicyclic) bond motifs is 1. The Morgan fingerprint density at radius 1 is 1.46 bits per heavy atom. The van der Waals surface area contributed by atoms with Gasteiger partial charge in [0.2, 0.25) is 6.29 Å². The number of para-hydroxylation sites is 2. The molecule has 70 valence electrons. The topological polar surface area (TPSA) is 21.7 Å². The van der Waals surface area contributed by atoms with Crippen molar-refractivity contribution in [1.29, 1.82) is 0 Å². The van der Waals surface area contributed by atoms with Crippen LogP contribution in [0.25, 0.3) is 0 Å². The van der Waals surface area contributed by atoms with E-state index in [-0.39, 0.29) is 6.29 Å². The average Bonchev–Trinajstić information content (AvgIpc) is 2.18. The predicted molar refractivity (Wildman–Crippen MR) is 51.1 cm³/mol. The maximum absolute atomic E-state index is 5.59. The number of nitrogens with zero attached hydrogens (tertiary/aromatic N) is 1. The lowest BCUT2D eigenvalue weighted by atomic mass is 10.2. The molecule has 0 saturated carbocycles. The highest BCUT2D eigenvalue weighted by Gasteiger charge is 2.21.